The van der Waals surface area contributed by atoms with Crippen molar-refractivity contribution in [2.45, 2.75) is 106 Å². The van der Waals surface area contributed by atoms with Crippen LogP contribution in [-0.4, -0.2) is 36.2 Å². The van der Waals surface area contributed by atoms with Crippen LogP contribution < -0.4 is 5.73 Å². The van der Waals surface area contributed by atoms with Crippen LogP contribution in [0.15, 0.2) is 72.3 Å². The van der Waals surface area contributed by atoms with Crippen LogP contribution >= 0.6 is 0 Å². The van der Waals surface area contributed by atoms with Gasteiger partial charge in [0.15, 0.2) is 0 Å². The number of amides is 1. The van der Waals surface area contributed by atoms with Gasteiger partial charge in [0.25, 0.3) is 0 Å². The SMILES string of the molecule is C/C=C\CC.CC.CCCC(CC)OC(=O)CN(Cc1ccc(CN)cc1)C(=O)OCC1C=C(C)Cc2ccccc21. The van der Waals surface area contributed by atoms with Crippen LogP contribution in [0, 0.1) is 0 Å². The Bertz CT molecular complexity index is 1110. The molecule has 2 unspecified atom stereocenters. The summed E-state index contributed by atoms with van der Waals surface area (Å²) in [6, 6.07) is 15.9. The van der Waals surface area contributed by atoms with E-state index in [1.807, 2.05) is 64.1 Å². The van der Waals surface area contributed by atoms with E-state index < -0.39 is 12.1 Å². The zero-order chi connectivity index (χ0) is 31.3. The fourth-order valence-corrected chi connectivity index (χ4v) is 4.71. The van der Waals surface area contributed by atoms with Gasteiger partial charge in [0.05, 0.1) is 0 Å². The molecule has 6 heteroatoms. The highest BCUT2D eigenvalue weighted by Crippen LogP contribution is 2.30. The van der Waals surface area contributed by atoms with E-state index in [9.17, 15) is 9.59 Å². The molecule has 6 nitrogen and oxygen atoms in total. The molecule has 2 atom stereocenters. The van der Waals surface area contributed by atoms with Crippen molar-refractivity contribution in [2.75, 3.05) is 13.2 Å². The molecule has 2 aromatic rings. The zero-order valence-electron chi connectivity index (χ0n) is 27.0. The predicted octanol–water partition coefficient (Wildman–Crippen LogP) is 8.49. The van der Waals surface area contributed by atoms with Gasteiger partial charge in [-0.25, -0.2) is 4.79 Å². The Labute approximate surface area is 255 Å². The molecule has 1 amide bonds. The van der Waals surface area contributed by atoms with E-state index in [0.717, 1.165) is 43.2 Å². The van der Waals surface area contributed by atoms with Crippen molar-refractivity contribution in [2.24, 2.45) is 5.73 Å². The smallest absolute Gasteiger partial charge is 0.410 e. The minimum absolute atomic E-state index is 0.00411. The lowest BCUT2D eigenvalue weighted by atomic mass is 9.85. The molecule has 1 aliphatic carbocycles. The quantitative estimate of drug-likeness (QED) is 0.202. The summed E-state index contributed by atoms with van der Waals surface area (Å²) in [6.45, 7) is 15.1. The summed E-state index contributed by atoms with van der Waals surface area (Å²) in [5.74, 6) is -0.421. The van der Waals surface area contributed by atoms with E-state index in [-0.39, 0.29) is 31.7 Å². The maximum atomic E-state index is 13.2. The summed E-state index contributed by atoms with van der Waals surface area (Å²) in [5, 5.41) is 0. The summed E-state index contributed by atoms with van der Waals surface area (Å²) in [6.07, 6.45) is 10.2. The molecule has 0 spiro atoms. The van der Waals surface area contributed by atoms with E-state index in [2.05, 4.69) is 51.1 Å². The summed E-state index contributed by atoms with van der Waals surface area (Å²) in [7, 11) is 0. The third kappa shape index (κ3) is 13.1. The average Bonchev–Trinajstić information content (AvgIpc) is 3.01. The molecule has 0 fully saturated rings. The molecule has 42 heavy (non-hydrogen) atoms. The topological polar surface area (TPSA) is 81.9 Å². The van der Waals surface area contributed by atoms with Crippen molar-refractivity contribution >= 4 is 12.1 Å². The number of allylic oxidation sites excluding steroid dienone is 3. The Hall–Kier alpha value is -3.38. The van der Waals surface area contributed by atoms with Crippen LogP contribution in [0.2, 0.25) is 0 Å². The van der Waals surface area contributed by atoms with E-state index in [4.69, 9.17) is 15.2 Å². The first kappa shape index (κ1) is 36.6. The molecule has 1 aliphatic rings. The number of nitrogens with zero attached hydrogens (tertiary/aromatic N) is 1. The van der Waals surface area contributed by atoms with Gasteiger partial charge in [0, 0.05) is 19.0 Å². The molecule has 232 valence electrons. The first-order chi connectivity index (χ1) is 20.3. The molecule has 0 saturated heterocycles. The van der Waals surface area contributed by atoms with Crippen LogP contribution in [0.4, 0.5) is 4.79 Å². The lowest BCUT2D eigenvalue weighted by Gasteiger charge is -2.26. The van der Waals surface area contributed by atoms with E-state index >= 15 is 0 Å². The van der Waals surface area contributed by atoms with Crippen molar-refractivity contribution in [3.8, 4) is 0 Å². The van der Waals surface area contributed by atoms with Crippen molar-refractivity contribution in [1.29, 1.82) is 0 Å². The van der Waals surface area contributed by atoms with Crippen molar-refractivity contribution in [3.63, 3.8) is 0 Å². The van der Waals surface area contributed by atoms with Gasteiger partial charge >= 0.3 is 12.1 Å². The van der Waals surface area contributed by atoms with Crippen LogP contribution in [0.3, 0.4) is 0 Å². The van der Waals surface area contributed by atoms with Gasteiger partial charge in [0.2, 0.25) is 0 Å². The zero-order valence-corrected chi connectivity index (χ0v) is 27.0. The summed E-state index contributed by atoms with van der Waals surface area (Å²) in [5.41, 5.74) is 11.3. The van der Waals surface area contributed by atoms with E-state index in [1.165, 1.54) is 21.6 Å². The highest BCUT2D eigenvalue weighted by molar-refractivity contribution is 5.78. The maximum absolute atomic E-state index is 13.2. The fraction of sp³-hybridized carbons (Fsp3) is 0.500. The Morgan fingerprint density at radius 1 is 1.05 bits per heavy atom. The number of benzene rings is 2. The molecule has 0 bridgehead atoms. The molecule has 0 aromatic heterocycles. The predicted molar refractivity (Wildman–Crippen MR) is 174 cm³/mol. The Morgan fingerprint density at radius 3 is 2.29 bits per heavy atom. The van der Waals surface area contributed by atoms with E-state index in [0.29, 0.717) is 6.54 Å². The number of hydrogen-bond donors (Lipinski definition) is 1. The van der Waals surface area contributed by atoms with Gasteiger partial charge in [-0.3, -0.25) is 9.69 Å². The second-order valence-corrected chi connectivity index (χ2v) is 10.2. The minimum Gasteiger partial charge on any atom is -0.461 e. The number of hydrogen-bond acceptors (Lipinski definition) is 5. The maximum Gasteiger partial charge on any atom is 0.410 e. The van der Waals surface area contributed by atoms with E-state index in [1.54, 1.807) is 0 Å². The monoisotopic (exact) mass is 578 g/mol. The van der Waals surface area contributed by atoms with Crippen molar-refractivity contribution in [3.05, 3.63) is 94.6 Å². The van der Waals surface area contributed by atoms with Crippen LogP contribution in [0.5, 0.6) is 0 Å². The molecule has 0 saturated carbocycles. The second kappa shape index (κ2) is 21.3. The standard InChI is InChI=1S/C29H38N2O4.C5H10.C2H6/c1-4-8-26(5-2)35-28(32)19-31(18-23-13-11-22(17-30)12-14-23)29(33)34-20-25-16-21(3)15-24-9-6-7-10-27(24)25;1-3-5-4-2;1-2/h6-7,9-14,16,25-26H,4-5,8,15,17-20,30H2,1-3H3;3,5H,4H2,1-2H3;1-2H3/b;5-3-;. The number of carbonyl (C=O) groups excluding carboxylic acids is 2. The third-order valence-electron chi connectivity index (χ3n) is 6.84. The Balaban J connectivity index is 0.00000114. The number of fused-ring (bicyclic) bond motifs is 1. The minimum atomic E-state index is -0.525. The molecular weight excluding hydrogens is 524 g/mol. The number of ether oxygens (including phenoxy) is 2. The third-order valence-corrected chi connectivity index (χ3v) is 6.84. The molecular formula is C36H54N2O4. The Kier molecular flexibility index (Phi) is 18.6. The van der Waals surface area contributed by atoms with Crippen LogP contribution in [0.25, 0.3) is 0 Å². The summed E-state index contributed by atoms with van der Waals surface area (Å²) < 4.78 is 11.4. The van der Waals surface area contributed by atoms with Crippen molar-refractivity contribution in [1.82, 2.24) is 4.90 Å². The van der Waals surface area contributed by atoms with Crippen LogP contribution in [-0.2, 0) is 33.8 Å². The highest BCUT2D eigenvalue weighted by atomic mass is 16.6. The molecule has 2 N–H and O–H groups in total. The average molecular weight is 579 g/mol. The van der Waals surface area contributed by atoms with Gasteiger partial charge in [-0.15, -0.1) is 0 Å². The summed E-state index contributed by atoms with van der Waals surface area (Å²) in [4.78, 5) is 27.3. The lowest BCUT2D eigenvalue weighted by molar-refractivity contribution is -0.150. The van der Waals surface area contributed by atoms with Gasteiger partial charge in [-0.2, -0.15) is 0 Å². The van der Waals surface area contributed by atoms with Gasteiger partial charge in [-0.05, 0) is 61.8 Å². The highest BCUT2D eigenvalue weighted by Gasteiger charge is 2.25. The number of carbonyl (C=O) groups is 2. The first-order valence-electron chi connectivity index (χ1n) is 15.6. The Morgan fingerprint density at radius 2 is 1.71 bits per heavy atom. The number of esters is 1. The fourth-order valence-electron chi connectivity index (χ4n) is 4.71. The number of nitrogens with two attached hydrogens (primary N) is 1. The van der Waals surface area contributed by atoms with Gasteiger partial charge < -0.3 is 15.2 Å². The molecule has 0 heterocycles. The van der Waals surface area contributed by atoms with Crippen LogP contribution in [0.1, 0.15) is 102 Å². The van der Waals surface area contributed by atoms with Crippen molar-refractivity contribution < 1.29 is 19.1 Å². The normalized spacial score (nSPS) is 14.3. The van der Waals surface area contributed by atoms with Gasteiger partial charge in [-0.1, -0.05) is 113 Å². The molecule has 2 aromatic carbocycles. The number of rotatable bonds is 12. The second-order valence-electron chi connectivity index (χ2n) is 10.2. The molecule has 3 rings (SSSR count). The lowest BCUT2D eigenvalue weighted by Crippen LogP contribution is -2.38. The summed E-state index contributed by atoms with van der Waals surface area (Å²) >= 11 is 0. The van der Waals surface area contributed by atoms with Gasteiger partial charge in [0.1, 0.15) is 19.3 Å². The largest absolute Gasteiger partial charge is 0.461 e. The molecule has 0 radical (unpaired) electrons. The first-order valence-corrected chi connectivity index (χ1v) is 15.6. The molecule has 0 aliphatic heterocycles.